The van der Waals surface area contributed by atoms with E-state index in [0.717, 1.165) is 12.8 Å². The van der Waals surface area contributed by atoms with E-state index in [1.54, 1.807) is 6.92 Å². The van der Waals surface area contributed by atoms with Gasteiger partial charge in [-0.25, -0.2) is 0 Å². The Bertz CT molecular complexity index is 206. The van der Waals surface area contributed by atoms with E-state index in [0.29, 0.717) is 4.44 Å². The van der Waals surface area contributed by atoms with Crippen molar-refractivity contribution in [3.05, 3.63) is 0 Å². The molecule has 0 amide bonds. The zero-order valence-corrected chi connectivity index (χ0v) is 13.1. The Balaban J connectivity index is 3.33. The Hall–Kier alpha value is -0.131. The van der Waals surface area contributed by atoms with Gasteiger partial charge in [0.25, 0.3) is 0 Å². The summed E-state index contributed by atoms with van der Waals surface area (Å²) >= 11 is -3.12. The van der Waals surface area contributed by atoms with Gasteiger partial charge in [0, 0.05) is 0 Å². The first-order valence-corrected chi connectivity index (χ1v) is 10.4. The molecule has 0 saturated carbocycles. The summed E-state index contributed by atoms with van der Waals surface area (Å²) in [5, 5.41) is 0. The number of hydrogen-bond donors (Lipinski definition) is 0. The fourth-order valence-electron chi connectivity index (χ4n) is 1.34. The monoisotopic (exact) mass is 338 g/mol. The normalized spacial score (nSPS) is 9.88. The first-order chi connectivity index (χ1) is 7.70. The van der Waals surface area contributed by atoms with Crippen LogP contribution in [0.1, 0.15) is 52.4 Å². The van der Waals surface area contributed by atoms with Gasteiger partial charge in [0.2, 0.25) is 0 Å². The summed E-state index contributed by atoms with van der Waals surface area (Å²) in [4.78, 5) is 10.8. The molecule has 0 aliphatic rings. The second-order valence-corrected chi connectivity index (χ2v) is 7.81. The van der Waals surface area contributed by atoms with E-state index in [1.807, 2.05) is 0 Å². The molecule has 0 heterocycles. The van der Waals surface area contributed by atoms with Gasteiger partial charge in [0.15, 0.2) is 0 Å². The summed E-state index contributed by atoms with van der Waals surface area (Å²) in [5.74, 6) is 0. The van der Waals surface area contributed by atoms with Crippen molar-refractivity contribution in [3.8, 4) is 0 Å². The first kappa shape index (κ1) is 15.9. The van der Waals surface area contributed by atoms with Gasteiger partial charge in [-0.3, -0.25) is 0 Å². The Labute approximate surface area is 105 Å². The molecule has 5 heteroatoms. The molecule has 0 fully saturated rings. The Kier molecular flexibility index (Phi) is 11.3. The number of carbonyl (C=O) groups excluding carboxylic acids is 1. The van der Waals surface area contributed by atoms with Crippen molar-refractivity contribution in [2.45, 2.75) is 56.8 Å². The van der Waals surface area contributed by atoms with Gasteiger partial charge in [-0.1, -0.05) is 0 Å². The predicted octanol–water partition coefficient (Wildman–Crippen LogP) is 3.44. The molecule has 4 nitrogen and oxygen atoms in total. The Morgan fingerprint density at radius 1 is 1.06 bits per heavy atom. The van der Waals surface area contributed by atoms with E-state index in [4.69, 9.17) is 3.07 Å². The third-order valence-electron chi connectivity index (χ3n) is 2.19. The molecule has 0 atom stereocenters. The summed E-state index contributed by atoms with van der Waals surface area (Å²) in [6.45, 7) is 4.14. The number of carbonyl (C=O) groups is 1. The average Bonchev–Trinajstić information content (AvgIpc) is 2.23. The SMILES string of the molecule is CCCCCCC[CH2][Sn](=[O])[O]C(=O)OCC. The van der Waals surface area contributed by atoms with Crippen LogP contribution in [0.25, 0.3) is 0 Å². The molecule has 0 aromatic rings. The van der Waals surface area contributed by atoms with Gasteiger partial charge in [-0.2, -0.15) is 0 Å². The van der Waals surface area contributed by atoms with Crippen molar-refractivity contribution in [2.24, 2.45) is 0 Å². The molecule has 94 valence electrons. The standard InChI is InChI=1S/C8H17.C3H6O3.O.Sn/c1-3-5-7-8-6-4-2;1-2-6-3(4)5;;/h1,3-8H2,2H3;2H2,1H3,(H,4,5);;/q;;;+1/p-1. The van der Waals surface area contributed by atoms with Gasteiger partial charge in [0.1, 0.15) is 0 Å². The molecule has 0 radical (unpaired) electrons. The van der Waals surface area contributed by atoms with Crippen LogP contribution in [0.2, 0.25) is 4.44 Å². The molecule has 0 aliphatic heterocycles. The minimum atomic E-state index is -3.12. The van der Waals surface area contributed by atoms with Crippen LogP contribution in [0.3, 0.4) is 0 Å². The number of hydrogen-bond acceptors (Lipinski definition) is 4. The summed E-state index contributed by atoms with van der Waals surface area (Å²) in [6.07, 6.45) is 6.14. The molecule has 0 rings (SSSR count). The molecular formula is C11H22O4Sn. The molecule has 0 saturated heterocycles. The zero-order valence-electron chi connectivity index (χ0n) is 10.3. The van der Waals surface area contributed by atoms with Crippen molar-refractivity contribution >= 4 is 26.3 Å². The Morgan fingerprint density at radius 3 is 2.31 bits per heavy atom. The quantitative estimate of drug-likeness (QED) is 0.367. The number of ether oxygens (including phenoxy) is 1. The molecule has 0 aromatic carbocycles. The van der Waals surface area contributed by atoms with Crippen molar-refractivity contribution in [1.82, 2.24) is 0 Å². The van der Waals surface area contributed by atoms with Gasteiger partial charge in [0.05, 0.1) is 0 Å². The van der Waals surface area contributed by atoms with E-state index in [1.165, 1.54) is 25.7 Å². The van der Waals surface area contributed by atoms with Crippen LogP contribution in [0.5, 0.6) is 0 Å². The van der Waals surface area contributed by atoms with E-state index >= 15 is 0 Å². The molecule has 0 N–H and O–H groups in total. The molecule has 16 heavy (non-hydrogen) atoms. The van der Waals surface area contributed by atoms with Crippen LogP contribution in [0, 0.1) is 0 Å². The number of rotatable bonds is 9. The van der Waals surface area contributed by atoms with Crippen LogP contribution in [0.15, 0.2) is 0 Å². The van der Waals surface area contributed by atoms with Crippen molar-refractivity contribution in [2.75, 3.05) is 6.61 Å². The fraction of sp³-hybridized carbons (Fsp3) is 0.909. The summed E-state index contributed by atoms with van der Waals surface area (Å²) < 4.78 is 21.2. The van der Waals surface area contributed by atoms with E-state index in [-0.39, 0.29) is 6.61 Å². The van der Waals surface area contributed by atoms with Gasteiger partial charge >= 0.3 is 105 Å². The average molecular weight is 337 g/mol. The van der Waals surface area contributed by atoms with Crippen LogP contribution >= 0.6 is 0 Å². The maximum atomic E-state index is 11.4. The molecule has 0 unspecified atom stereocenters. The summed E-state index contributed by atoms with van der Waals surface area (Å²) in [6, 6.07) is 0. The zero-order chi connectivity index (χ0) is 12.2. The Morgan fingerprint density at radius 2 is 1.69 bits per heavy atom. The number of unbranched alkanes of at least 4 members (excludes halogenated alkanes) is 5. The van der Waals surface area contributed by atoms with Crippen molar-refractivity contribution < 1.29 is 15.7 Å². The van der Waals surface area contributed by atoms with Crippen molar-refractivity contribution in [1.29, 1.82) is 0 Å². The summed E-state index contributed by atoms with van der Waals surface area (Å²) in [7, 11) is 0. The van der Waals surface area contributed by atoms with Crippen LogP contribution in [0.4, 0.5) is 4.79 Å². The third-order valence-corrected chi connectivity index (χ3v) is 5.49. The van der Waals surface area contributed by atoms with Gasteiger partial charge in [-0.05, 0) is 0 Å². The van der Waals surface area contributed by atoms with Gasteiger partial charge < -0.3 is 0 Å². The third kappa shape index (κ3) is 10.4. The molecule has 0 aromatic heterocycles. The van der Waals surface area contributed by atoms with Crippen LogP contribution < -0.4 is 0 Å². The van der Waals surface area contributed by atoms with E-state index in [9.17, 15) is 7.87 Å². The molecule has 0 bridgehead atoms. The summed E-state index contributed by atoms with van der Waals surface area (Å²) in [5.41, 5.74) is 0. The predicted molar refractivity (Wildman–Crippen MR) is 62.7 cm³/mol. The molecular weight excluding hydrogens is 315 g/mol. The van der Waals surface area contributed by atoms with Crippen molar-refractivity contribution in [3.63, 3.8) is 0 Å². The second kappa shape index (κ2) is 11.4. The van der Waals surface area contributed by atoms with Gasteiger partial charge in [-0.15, -0.1) is 0 Å². The van der Waals surface area contributed by atoms with E-state index in [2.05, 4.69) is 11.7 Å². The topological polar surface area (TPSA) is 52.6 Å². The van der Waals surface area contributed by atoms with Crippen LogP contribution in [-0.2, 0) is 10.9 Å². The second-order valence-electron chi connectivity index (χ2n) is 3.67. The maximum absolute atomic E-state index is 11.4. The minimum absolute atomic E-state index is 0.270. The first-order valence-electron chi connectivity index (χ1n) is 6.08. The van der Waals surface area contributed by atoms with E-state index < -0.39 is 26.3 Å². The molecule has 0 spiro atoms. The molecule has 0 aliphatic carbocycles. The van der Waals surface area contributed by atoms with Crippen LogP contribution in [-0.4, -0.2) is 32.9 Å². The fourth-order valence-corrected chi connectivity index (χ4v) is 3.87.